The summed E-state index contributed by atoms with van der Waals surface area (Å²) in [5.74, 6) is 0. The number of rotatable bonds is 3. The van der Waals surface area contributed by atoms with Gasteiger partial charge in [-0.15, -0.1) is 0 Å². The Kier molecular flexibility index (Phi) is 4.54. The monoisotopic (exact) mass is 204 g/mol. The summed E-state index contributed by atoms with van der Waals surface area (Å²) < 4.78 is 0. The van der Waals surface area contributed by atoms with Gasteiger partial charge >= 0.3 is 0 Å². The summed E-state index contributed by atoms with van der Waals surface area (Å²) in [6.45, 7) is 4.01. The highest BCUT2D eigenvalue weighted by atomic mass is 16.1. The normalized spacial score (nSPS) is 14.0. The average Bonchev–Trinajstić information content (AvgIpc) is 2.25. The Hall–Kier alpha value is -1.64. The van der Waals surface area contributed by atoms with Gasteiger partial charge in [0.15, 0.2) is 0 Å². The van der Waals surface area contributed by atoms with E-state index in [0.29, 0.717) is 5.22 Å². The van der Waals surface area contributed by atoms with Gasteiger partial charge in [-0.25, -0.2) is 4.98 Å². The Balaban J connectivity index is 3.40. The second-order valence-electron chi connectivity index (χ2n) is 3.22. The molecule has 0 saturated carbocycles. The predicted molar refractivity (Wildman–Crippen MR) is 62.8 cm³/mol. The molecule has 1 heterocycles. The largest absolute Gasteiger partial charge is 0.313 e. The molecule has 1 aromatic heterocycles. The zero-order valence-corrected chi connectivity index (χ0v) is 9.16. The molecule has 0 aromatic carbocycles. The number of nitrogens with one attached hydrogen (secondary N) is 1. The van der Waals surface area contributed by atoms with E-state index in [0.717, 1.165) is 18.2 Å². The standard InChI is InChI=1S/C12H16N2O/c1-3-5-7-10-11(8-6-4-2)13-9-14-12(10)15/h3,5,7-9H,4,6H2,1-2H3,(H,13,14,15)/b5-3-,10-7+,11-8-. The Morgan fingerprint density at radius 1 is 1.53 bits per heavy atom. The number of allylic oxidation sites excluding steroid dienone is 2. The van der Waals surface area contributed by atoms with Crippen molar-refractivity contribution in [2.45, 2.75) is 26.7 Å². The van der Waals surface area contributed by atoms with E-state index in [2.05, 4.69) is 16.9 Å². The van der Waals surface area contributed by atoms with Crippen molar-refractivity contribution in [2.24, 2.45) is 0 Å². The molecule has 0 bridgehead atoms. The second kappa shape index (κ2) is 5.96. The van der Waals surface area contributed by atoms with Crippen LogP contribution >= 0.6 is 0 Å². The van der Waals surface area contributed by atoms with Crippen molar-refractivity contribution in [1.82, 2.24) is 9.97 Å². The van der Waals surface area contributed by atoms with Crippen LogP contribution in [-0.2, 0) is 0 Å². The van der Waals surface area contributed by atoms with E-state index < -0.39 is 0 Å². The zero-order chi connectivity index (χ0) is 11.1. The third kappa shape index (κ3) is 3.20. The summed E-state index contributed by atoms with van der Waals surface area (Å²) in [5.41, 5.74) is -0.0922. The van der Waals surface area contributed by atoms with E-state index in [1.54, 1.807) is 6.08 Å². The SMILES string of the molecule is C\C=C/C=c1/c(=O)[nH]cn/c1=C\CCC. The Labute approximate surface area is 88.9 Å². The Morgan fingerprint density at radius 3 is 3.00 bits per heavy atom. The van der Waals surface area contributed by atoms with Crippen molar-refractivity contribution in [3.63, 3.8) is 0 Å². The van der Waals surface area contributed by atoms with Gasteiger partial charge in [-0.3, -0.25) is 4.79 Å². The number of hydrogen-bond donors (Lipinski definition) is 1. The van der Waals surface area contributed by atoms with Gasteiger partial charge in [0.05, 0.1) is 16.9 Å². The number of unbranched alkanes of at least 4 members (excludes halogenated alkanes) is 1. The minimum Gasteiger partial charge on any atom is -0.313 e. The molecule has 80 valence electrons. The van der Waals surface area contributed by atoms with Crippen molar-refractivity contribution in [3.05, 3.63) is 39.4 Å². The van der Waals surface area contributed by atoms with Crippen molar-refractivity contribution in [1.29, 1.82) is 0 Å². The molecule has 1 rings (SSSR count). The smallest absolute Gasteiger partial charge is 0.258 e. The first kappa shape index (κ1) is 11.4. The molecule has 0 spiro atoms. The first-order valence-electron chi connectivity index (χ1n) is 5.16. The van der Waals surface area contributed by atoms with Gasteiger partial charge < -0.3 is 4.98 Å². The molecule has 0 fully saturated rings. The molecule has 0 aliphatic carbocycles. The highest BCUT2D eigenvalue weighted by Gasteiger charge is 1.90. The fourth-order valence-electron chi connectivity index (χ4n) is 1.22. The Bertz CT molecular complexity index is 497. The molecular weight excluding hydrogens is 188 g/mol. The molecule has 1 aromatic rings. The lowest BCUT2D eigenvalue weighted by Crippen LogP contribution is -2.42. The second-order valence-corrected chi connectivity index (χ2v) is 3.22. The van der Waals surface area contributed by atoms with Crippen molar-refractivity contribution < 1.29 is 0 Å². The summed E-state index contributed by atoms with van der Waals surface area (Å²) >= 11 is 0. The van der Waals surface area contributed by atoms with E-state index in [1.807, 2.05) is 25.2 Å². The van der Waals surface area contributed by atoms with Crippen LogP contribution in [0.3, 0.4) is 0 Å². The number of aromatic nitrogens is 2. The number of nitrogens with zero attached hydrogens (tertiary/aromatic N) is 1. The summed E-state index contributed by atoms with van der Waals surface area (Å²) in [6, 6.07) is 0. The fraction of sp³-hybridized carbons (Fsp3) is 0.333. The van der Waals surface area contributed by atoms with Crippen LogP contribution in [0.5, 0.6) is 0 Å². The van der Waals surface area contributed by atoms with Gasteiger partial charge in [-0.2, -0.15) is 0 Å². The molecule has 0 radical (unpaired) electrons. The quantitative estimate of drug-likeness (QED) is 0.788. The molecule has 0 saturated heterocycles. The number of aromatic amines is 1. The van der Waals surface area contributed by atoms with Gasteiger partial charge in [0.2, 0.25) is 0 Å². The molecule has 0 atom stereocenters. The van der Waals surface area contributed by atoms with Crippen LogP contribution in [0.2, 0.25) is 0 Å². The van der Waals surface area contributed by atoms with Crippen LogP contribution in [0.4, 0.5) is 0 Å². The lowest BCUT2D eigenvalue weighted by atomic mass is 10.2. The third-order valence-corrected chi connectivity index (χ3v) is 2.00. The minimum atomic E-state index is -0.0922. The molecule has 0 aliphatic heterocycles. The van der Waals surface area contributed by atoms with Gasteiger partial charge in [-0.05, 0) is 19.4 Å². The van der Waals surface area contributed by atoms with Crippen LogP contribution in [0, 0.1) is 0 Å². The number of hydrogen-bond acceptors (Lipinski definition) is 2. The molecular formula is C12H16N2O. The lowest BCUT2D eigenvalue weighted by molar-refractivity contribution is 0.974. The highest BCUT2D eigenvalue weighted by molar-refractivity contribution is 5.36. The van der Waals surface area contributed by atoms with E-state index in [4.69, 9.17) is 0 Å². The topological polar surface area (TPSA) is 45.8 Å². The molecule has 0 unspecified atom stereocenters. The number of H-pyrrole nitrogens is 1. The maximum absolute atomic E-state index is 11.5. The zero-order valence-electron chi connectivity index (χ0n) is 9.16. The van der Waals surface area contributed by atoms with Gasteiger partial charge in [-0.1, -0.05) is 31.6 Å². The first-order chi connectivity index (χ1) is 7.29. The summed E-state index contributed by atoms with van der Waals surface area (Å²) in [6.07, 6.45) is 10.9. The van der Waals surface area contributed by atoms with E-state index in [1.165, 1.54) is 6.33 Å². The fourth-order valence-corrected chi connectivity index (χ4v) is 1.22. The molecule has 3 nitrogen and oxygen atoms in total. The lowest BCUT2D eigenvalue weighted by Gasteiger charge is -1.89. The first-order valence-corrected chi connectivity index (χ1v) is 5.16. The average molecular weight is 204 g/mol. The van der Waals surface area contributed by atoms with Crippen molar-refractivity contribution >= 4 is 12.2 Å². The summed E-state index contributed by atoms with van der Waals surface area (Å²) in [7, 11) is 0. The predicted octanol–water partition coefficient (Wildman–Crippen LogP) is 0.707. The van der Waals surface area contributed by atoms with Crippen LogP contribution in [-0.4, -0.2) is 9.97 Å². The van der Waals surface area contributed by atoms with E-state index in [9.17, 15) is 4.79 Å². The van der Waals surface area contributed by atoms with Gasteiger partial charge in [0, 0.05) is 0 Å². The van der Waals surface area contributed by atoms with E-state index >= 15 is 0 Å². The third-order valence-electron chi connectivity index (χ3n) is 2.00. The molecule has 1 N–H and O–H groups in total. The van der Waals surface area contributed by atoms with Crippen LogP contribution in [0.1, 0.15) is 26.7 Å². The molecule has 3 heteroatoms. The van der Waals surface area contributed by atoms with Gasteiger partial charge in [0.25, 0.3) is 5.56 Å². The molecule has 15 heavy (non-hydrogen) atoms. The van der Waals surface area contributed by atoms with Crippen LogP contribution < -0.4 is 16.1 Å². The summed E-state index contributed by atoms with van der Waals surface area (Å²) in [5, 5.41) is 1.39. The molecule has 0 amide bonds. The Morgan fingerprint density at radius 2 is 2.33 bits per heavy atom. The maximum Gasteiger partial charge on any atom is 0.258 e. The highest BCUT2D eigenvalue weighted by Crippen LogP contribution is 1.84. The van der Waals surface area contributed by atoms with Gasteiger partial charge in [0.1, 0.15) is 0 Å². The molecule has 0 aliphatic rings. The van der Waals surface area contributed by atoms with Crippen LogP contribution in [0.25, 0.3) is 12.2 Å². The maximum atomic E-state index is 11.5. The van der Waals surface area contributed by atoms with Crippen molar-refractivity contribution in [3.8, 4) is 0 Å². The minimum absolute atomic E-state index is 0.0922. The van der Waals surface area contributed by atoms with E-state index in [-0.39, 0.29) is 5.56 Å². The van der Waals surface area contributed by atoms with Crippen molar-refractivity contribution in [2.75, 3.05) is 0 Å². The van der Waals surface area contributed by atoms with Crippen LogP contribution in [0.15, 0.2) is 23.3 Å². The summed E-state index contributed by atoms with van der Waals surface area (Å²) in [4.78, 5) is 18.3.